The van der Waals surface area contributed by atoms with Gasteiger partial charge in [-0.15, -0.1) is 0 Å². The molecule has 0 aliphatic rings. The van der Waals surface area contributed by atoms with Crippen LogP contribution in [0.3, 0.4) is 0 Å². The third-order valence-electron chi connectivity index (χ3n) is 4.54. The zero-order chi connectivity index (χ0) is 26.1. The normalized spacial score (nSPS) is 10.7. The zero-order valence-corrected chi connectivity index (χ0v) is 20.4. The molecule has 2 amide bonds. The lowest BCUT2D eigenvalue weighted by Crippen LogP contribution is -2.34. The number of rotatable bonds is 9. The number of halogens is 3. The van der Waals surface area contributed by atoms with Gasteiger partial charge >= 0.3 is 5.97 Å². The Morgan fingerprint density at radius 3 is 2.44 bits per heavy atom. The third-order valence-corrected chi connectivity index (χ3v) is 5.09. The summed E-state index contributed by atoms with van der Waals surface area (Å²) < 4.78 is 23.9. The number of nitrogens with zero attached hydrogens (tertiary/aromatic N) is 1. The molecule has 8 nitrogen and oxygen atoms in total. The van der Waals surface area contributed by atoms with E-state index in [1.54, 1.807) is 19.1 Å². The number of nitrogens with one attached hydrogen (secondary N) is 2. The lowest BCUT2D eigenvalue weighted by Gasteiger charge is -2.12. The number of hydrogen-bond donors (Lipinski definition) is 2. The Labute approximate surface area is 216 Å². The molecule has 186 valence electrons. The fraction of sp³-hybridized carbons (Fsp3) is 0.120. The number of carbonyl (C=O) groups is 3. The highest BCUT2D eigenvalue weighted by Gasteiger charge is 2.16. The van der Waals surface area contributed by atoms with Crippen LogP contribution in [0.5, 0.6) is 11.5 Å². The van der Waals surface area contributed by atoms with Gasteiger partial charge in [0.1, 0.15) is 5.82 Å². The number of hydrazone groups is 1. The van der Waals surface area contributed by atoms with Crippen LogP contribution in [0.1, 0.15) is 33.2 Å². The maximum atomic E-state index is 12.9. The van der Waals surface area contributed by atoms with Crippen LogP contribution in [-0.4, -0.2) is 37.1 Å². The molecule has 0 unspecified atom stereocenters. The molecule has 0 bridgehead atoms. The van der Waals surface area contributed by atoms with Crippen molar-refractivity contribution in [3.8, 4) is 11.5 Å². The predicted octanol–water partition coefficient (Wildman–Crippen LogP) is 4.63. The minimum absolute atomic E-state index is 0.142. The van der Waals surface area contributed by atoms with Crippen molar-refractivity contribution in [3.63, 3.8) is 0 Å². The first-order valence-electron chi connectivity index (χ1n) is 10.6. The van der Waals surface area contributed by atoms with Crippen LogP contribution < -0.4 is 20.2 Å². The number of esters is 1. The number of ether oxygens (including phenoxy) is 2. The van der Waals surface area contributed by atoms with E-state index >= 15 is 0 Å². The van der Waals surface area contributed by atoms with Crippen LogP contribution in [-0.2, 0) is 4.79 Å². The summed E-state index contributed by atoms with van der Waals surface area (Å²) in [6.07, 6.45) is 1.35. The van der Waals surface area contributed by atoms with E-state index in [1.807, 2.05) is 0 Å². The highest BCUT2D eigenvalue weighted by atomic mass is 35.5. The van der Waals surface area contributed by atoms with E-state index in [1.165, 1.54) is 42.6 Å². The summed E-state index contributed by atoms with van der Waals surface area (Å²) in [5.41, 5.74) is 3.18. The standard InChI is InChI=1S/C25H20Cl2FN3O5/c1-2-35-22-11-15(3-10-21(22)36-25(34)19-9-6-17(26)12-20(19)27)13-30-31-23(32)14-29-24(33)16-4-7-18(28)8-5-16/h3-13H,2,14H2,1H3,(H,29,33)(H,31,32)/b30-13+. The molecular weight excluding hydrogens is 512 g/mol. The van der Waals surface area contributed by atoms with Crippen molar-refractivity contribution in [1.29, 1.82) is 0 Å². The summed E-state index contributed by atoms with van der Waals surface area (Å²) in [4.78, 5) is 36.4. The van der Waals surface area contributed by atoms with E-state index in [0.717, 1.165) is 12.1 Å². The SMILES string of the molecule is CCOc1cc(/C=N/NC(=O)CNC(=O)c2ccc(F)cc2)ccc1OC(=O)c1ccc(Cl)cc1Cl. The molecular formula is C25H20Cl2FN3O5. The van der Waals surface area contributed by atoms with E-state index in [4.69, 9.17) is 32.7 Å². The van der Waals surface area contributed by atoms with Crippen molar-refractivity contribution in [2.24, 2.45) is 5.10 Å². The van der Waals surface area contributed by atoms with Gasteiger partial charge in [0.15, 0.2) is 11.5 Å². The molecule has 0 heterocycles. The van der Waals surface area contributed by atoms with Gasteiger partial charge in [0.25, 0.3) is 11.8 Å². The zero-order valence-electron chi connectivity index (χ0n) is 18.9. The third kappa shape index (κ3) is 7.53. The van der Waals surface area contributed by atoms with Crippen molar-refractivity contribution < 1.29 is 28.2 Å². The molecule has 0 saturated carbocycles. The first kappa shape index (κ1) is 26.7. The van der Waals surface area contributed by atoms with Gasteiger partial charge in [0.2, 0.25) is 0 Å². The Morgan fingerprint density at radius 1 is 1.00 bits per heavy atom. The second-order valence-corrected chi connectivity index (χ2v) is 7.98. The fourth-order valence-corrected chi connectivity index (χ4v) is 3.34. The molecule has 2 N–H and O–H groups in total. The highest BCUT2D eigenvalue weighted by Crippen LogP contribution is 2.30. The minimum Gasteiger partial charge on any atom is -0.490 e. The number of hydrogen-bond acceptors (Lipinski definition) is 6. The smallest absolute Gasteiger partial charge is 0.345 e. The summed E-state index contributed by atoms with van der Waals surface area (Å²) in [5, 5.41) is 6.79. The van der Waals surface area contributed by atoms with Gasteiger partial charge in [-0.2, -0.15) is 5.10 Å². The van der Waals surface area contributed by atoms with E-state index < -0.39 is 23.6 Å². The van der Waals surface area contributed by atoms with Crippen LogP contribution in [0, 0.1) is 5.82 Å². The van der Waals surface area contributed by atoms with Gasteiger partial charge in [-0.3, -0.25) is 9.59 Å². The quantitative estimate of drug-likeness (QED) is 0.181. The van der Waals surface area contributed by atoms with Gasteiger partial charge in [-0.05, 0) is 73.2 Å². The summed E-state index contributed by atoms with van der Waals surface area (Å²) >= 11 is 11.9. The summed E-state index contributed by atoms with van der Waals surface area (Å²) in [6, 6.07) is 14.0. The molecule has 0 fully saturated rings. The van der Waals surface area contributed by atoms with E-state index in [0.29, 0.717) is 17.2 Å². The van der Waals surface area contributed by atoms with E-state index in [9.17, 15) is 18.8 Å². The molecule has 0 spiro atoms. The lowest BCUT2D eigenvalue weighted by atomic mass is 10.2. The van der Waals surface area contributed by atoms with Crippen LogP contribution in [0.25, 0.3) is 0 Å². The van der Waals surface area contributed by atoms with Crippen molar-refractivity contribution >= 4 is 47.2 Å². The average molecular weight is 532 g/mol. The van der Waals surface area contributed by atoms with Gasteiger partial charge in [0.05, 0.1) is 30.0 Å². The molecule has 0 radical (unpaired) electrons. The Kier molecular flexibility index (Phi) is 9.38. The second kappa shape index (κ2) is 12.7. The van der Waals surface area contributed by atoms with Crippen LogP contribution in [0.15, 0.2) is 65.8 Å². The summed E-state index contributed by atoms with van der Waals surface area (Å²) in [5.74, 6) is -1.81. The first-order valence-corrected chi connectivity index (χ1v) is 11.3. The van der Waals surface area contributed by atoms with Gasteiger partial charge < -0.3 is 14.8 Å². The van der Waals surface area contributed by atoms with Crippen molar-refractivity contribution in [2.45, 2.75) is 6.92 Å². The molecule has 0 aliphatic carbocycles. The maximum Gasteiger partial charge on any atom is 0.345 e. The second-order valence-electron chi connectivity index (χ2n) is 7.14. The highest BCUT2D eigenvalue weighted by molar-refractivity contribution is 6.36. The van der Waals surface area contributed by atoms with Gasteiger partial charge in [0, 0.05) is 10.6 Å². The molecule has 3 rings (SSSR count). The number of benzene rings is 3. The van der Waals surface area contributed by atoms with E-state index in [2.05, 4.69) is 15.8 Å². The molecule has 0 aliphatic heterocycles. The molecule has 0 atom stereocenters. The molecule has 3 aromatic carbocycles. The molecule has 0 saturated heterocycles. The van der Waals surface area contributed by atoms with Gasteiger partial charge in [-0.25, -0.2) is 14.6 Å². The van der Waals surface area contributed by atoms with Crippen molar-refractivity contribution in [2.75, 3.05) is 13.2 Å². The van der Waals surface area contributed by atoms with E-state index in [-0.39, 0.29) is 34.2 Å². The van der Waals surface area contributed by atoms with Crippen LogP contribution in [0.4, 0.5) is 4.39 Å². The van der Waals surface area contributed by atoms with Crippen molar-refractivity contribution in [1.82, 2.24) is 10.7 Å². The number of carbonyl (C=O) groups excluding carboxylic acids is 3. The Balaban J connectivity index is 1.59. The fourth-order valence-electron chi connectivity index (χ4n) is 2.85. The monoisotopic (exact) mass is 531 g/mol. The Morgan fingerprint density at radius 2 is 1.75 bits per heavy atom. The first-order chi connectivity index (χ1) is 17.3. The summed E-state index contributed by atoms with van der Waals surface area (Å²) in [7, 11) is 0. The predicted molar refractivity (Wildman–Crippen MR) is 134 cm³/mol. The summed E-state index contributed by atoms with van der Waals surface area (Å²) in [6.45, 7) is 1.74. The van der Waals surface area contributed by atoms with Gasteiger partial charge in [-0.1, -0.05) is 23.2 Å². The molecule has 36 heavy (non-hydrogen) atoms. The van der Waals surface area contributed by atoms with Crippen LogP contribution in [0.2, 0.25) is 10.0 Å². The molecule has 11 heteroatoms. The maximum absolute atomic E-state index is 12.9. The lowest BCUT2D eigenvalue weighted by molar-refractivity contribution is -0.120. The molecule has 3 aromatic rings. The molecule has 0 aromatic heterocycles. The Bertz CT molecular complexity index is 1300. The topological polar surface area (TPSA) is 106 Å². The van der Waals surface area contributed by atoms with Crippen molar-refractivity contribution in [3.05, 3.63) is 93.2 Å². The van der Waals surface area contributed by atoms with Crippen LogP contribution >= 0.6 is 23.2 Å². The largest absolute Gasteiger partial charge is 0.490 e. The minimum atomic E-state index is -0.686. The average Bonchev–Trinajstić information content (AvgIpc) is 2.84. The Hall–Kier alpha value is -3.95. The number of amides is 2.